The molecule has 1 heterocycles. The first-order valence-corrected chi connectivity index (χ1v) is 5.57. The first kappa shape index (κ1) is 10.4. The van der Waals surface area contributed by atoms with Crippen molar-refractivity contribution in [2.45, 2.75) is 19.8 Å². The van der Waals surface area contributed by atoms with Gasteiger partial charge in [0.1, 0.15) is 5.82 Å². The van der Waals surface area contributed by atoms with Crippen LogP contribution in [0.2, 0.25) is 0 Å². The molecule has 78 valence electrons. The summed E-state index contributed by atoms with van der Waals surface area (Å²) in [5, 5.41) is 0.619. The maximum atomic E-state index is 11.7. The van der Waals surface area contributed by atoms with Crippen LogP contribution in [0.1, 0.15) is 25.6 Å². The van der Waals surface area contributed by atoms with Crippen molar-refractivity contribution in [3.05, 3.63) is 38.9 Å². The lowest BCUT2D eigenvalue weighted by atomic mass is 10.2. The van der Waals surface area contributed by atoms with E-state index in [4.69, 9.17) is 0 Å². The lowest BCUT2D eigenvalue weighted by molar-refractivity contribution is 0.776. The molecular weight excluding hydrogens is 256 g/mol. The Morgan fingerprint density at radius 3 is 2.80 bits per heavy atom. The van der Waals surface area contributed by atoms with Gasteiger partial charge in [0.15, 0.2) is 0 Å². The fourth-order valence-corrected chi connectivity index (χ4v) is 1.87. The summed E-state index contributed by atoms with van der Waals surface area (Å²) in [6.45, 7) is 4.00. The van der Waals surface area contributed by atoms with Gasteiger partial charge in [-0.25, -0.2) is 4.98 Å². The van der Waals surface area contributed by atoms with Crippen LogP contribution in [0, 0.1) is 0 Å². The fourth-order valence-electron chi connectivity index (χ4n) is 1.42. The Morgan fingerprint density at radius 1 is 1.40 bits per heavy atom. The summed E-state index contributed by atoms with van der Waals surface area (Å²) in [4.78, 5) is 19.0. The van der Waals surface area contributed by atoms with Gasteiger partial charge in [0, 0.05) is 10.4 Å². The third-order valence-electron chi connectivity index (χ3n) is 2.25. The number of fused-ring (bicyclic) bond motifs is 1. The molecule has 0 bridgehead atoms. The van der Waals surface area contributed by atoms with E-state index in [1.54, 1.807) is 6.07 Å². The number of nitrogens with one attached hydrogen (secondary N) is 1. The molecule has 1 aromatic carbocycles. The van der Waals surface area contributed by atoms with Crippen molar-refractivity contribution >= 4 is 26.8 Å². The van der Waals surface area contributed by atoms with Crippen LogP contribution in [0.15, 0.2) is 27.5 Å². The van der Waals surface area contributed by atoms with Crippen molar-refractivity contribution in [3.8, 4) is 0 Å². The number of aromatic nitrogens is 2. The smallest absolute Gasteiger partial charge is 0.258 e. The molecule has 0 fully saturated rings. The third kappa shape index (κ3) is 1.81. The predicted molar refractivity (Wildman–Crippen MR) is 64.2 cm³/mol. The zero-order chi connectivity index (χ0) is 11.0. The molecule has 15 heavy (non-hydrogen) atoms. The highest BCUT2D eigenvalue weighted by Crippen LogP contribution is 2.20. The minimum Gasteiger partial charge on any atom is -0.310 e. The molecule has 0 aliphatic carbocycles. The monoisotopic (exact) mass is 266 g/mol. The maximum Gasteiger partial charge on any atom is 0.258 e. The number of benzene rings is 1. The lowest BCUT2D eigenvalue weighted by Crippen LogP contribution is -2.12. The van der Waals surface area contributed by atoms with E-state index < -0.39 is 0 Å². The molecule has 1 aromatic heterocycles. The largest absolute Gasteiger partial charge is 0.310 e. The molecule has 1 N–H and O–H groups in total. The highest BCUT2D eigenvalue weighted by molar-refractivity contribution is 9.10. The van der Waals surface area contributed by atoms with Gasteiger partial charge in [-0.3, -0.25) is 4.79 Å². The molecule has 2 aromatic rings. The van der Waals surface area contributed by atoms with Gasteiger partial charge in [-0.2, -0.15) is 0 Å². The summed E-state index contributed by atoms with van der Waals surface area (Å²) in [6, 6.07) is 5.49. The predicted octanol–water partition coefficient (Wildman–Crippen LogP) is 2.81. The van der Waals surface area contributed by atoms with Crippen molar-refractivity contribution in [2.24, 2.45) is 0 Å². The minimum absolute atomic E-state index is 0.0787. The SMILES string of the molecule is CC(C)c1nc2c(Br)cccc2c(=O)[nH]1. The Morgan fingerprint density at radius 2 is 2.13 bits per heavy atom. The quantitative estimate of drug-likeness (QED) is 0.863. The Bertz CT molecular complexity index is 560. The molecule has 4 heteroatoms. The van der Waals surface area contributed by atoms with E-state index in [1.165, 1.54) is 0 Å². The molecule has 0 saturated carbocycles. The number of hydrogen-bond acceptors (Lipinski definition) is 2. The molecule has 0 aliphatic rings. The van der Waals surface area contributed by atoms with Crippen LogP contribution in [0.3, 0.4) is 0 Å². The fraction of sp³-hybridized carbons (Fsp3) is 0.273. The molecule has 0 radical (unpaired) electrons. The molecular formula is C11H11BrN2O. The molecule has 0 aliphatic heterocycles. The van der Waals surface area contributed by atoms with Gasteiger partial charge in [-0.1, -0.05) is 19.9 Å². The summed E-state index contributed by atoms with van der Waals surface area (Å²) in [5.41, 5.74) is 0.648. The Hall–Kier alpha value is -1.16. The molecule has 0 saturated heterocycles. The average molecular weight is 267 g/mol. The second kappa shape index (κ2) is 3.77. The second-order valence-corrected chi connectivity index (χ2v) is 4.60. The third-order valence-corrected chi connectivity index (χ3v) is 2.89. The van der Waals surface area contributed by atoms with Gasteiger partial charge >= 0.3 is 0 Å². The summed E-state index contributed by atoms with van der Waals surface area (Å²) < 4.78 is 0.855. The van der Waals surface area contributed by atoms with Crippen molar-refractivity contribution in [1.82, 2.24) is 9.97 Å². The highest BCUT2D eigenvalue weighted by Gasteiger charge is 2.08. The van der Waals surface area contributed by atoms with Crippen molar-refractivity contribution in [1.29, 1.82) is 0 Å². The van der Waals surface area contributed by atoms with Crippen molar-refractivity contribution in [2.75, 3.05) is 0 Å². The normalized spacial score (nSPS) is 11.2. The lowest BCUT2D eigenvalue weighted by Gasteiger charge is -2.06. The van der Waals surface area contributed by atoms with E-state index >= 15 is 0 Å². The van der Waals surface area contributed by atoms with E-state index in [2.05, 4.69) is 25.9 Å². The van der Waals surface area contributed by atoms with Gasteiger partial charge in [-0.05, 0) is 28.1 Å². The molecule has 3 nitrogen and oxygen atoms in total. The second-order valence-electron chi connectivity index (χ2n) is 3.74. The molecule has 0 amide bonds. The first-order chi connectivity index (χ1) is 7.09. The van der Waals surface area contributed by atoms with E-state index in [-0.39, 0.29) is 11.5 Å². The van der Waals surface area contributed by atoms with E-state index in [9.17, 15) is 4.79 Å². The summed E-state index contributed by atoms with van der Waals surface area (Å²) in [6.07, 6.45) is 0. The number of halogens is 1. The van der Waals surface area contributed by atoms with Crippen molar-refractivity contribution < 1.29 is 0 Å². The number of para-hydroxylation sites is 1. The van der Waals surface area contributed by atoms with Gasteiger partial charge in [0.25, 0.3) is 5.56 Å². The summed E-state index contributed by atoms with van der Waals surface area (Å²) in [5.74, 6) is 0.939. The molecule has 2 rings (SSSR count). The summed E-state index contributed by atoms with van der Waals surface area (Å²) in [7, 11) is 0. The first-order valence-electron chi connectivity index (χ1n) is 4.78. The molecule has 0 unspecified atom stereocenters. The Balaban J connectivity index is 2.86. The van der Waals surface area contributed by atoms with E-state index in [1.807, 2.05) is 26.0 Å². The van der Waals surface area contributed by atoms with Crippen LogP contribution in [0.25, 0.3) is 10.9 Å². The van der Waals surface area contributed by atoms with E-state index in [0.29, 0.717) is 5.39 Å². The number of hydrogen-bond donors (Lipinski definition) is 1. The van der Waals surface area contributed by atoms with Crippen LogP contribution < -0.4 is 5.56 Å². The number of nitrogens with zero attached hydrogens (tertiary/aromatic N) is 1. The van der Waals surface area contributed by atoms with Crippen LogP contribution in [0.4, 0.5) is 0 Å². The van der Waals surface area contributed by atoms with Gasteiger partial charge in [0.2, 0.25) is 0 Å². The molecule has 0 atom stereocenters. The topological polar surface area (TPSA) is 45.8 Å². The van der Waals surface area contributed by atoms with Crippen LogP contribution in [-0.2, 0) is 0 Å². The number of aromatic amines is 1. The maximum absolute atomic E-state index is 11.7. The minimum atomic E-state index is -0.0787. The summed E-state index contributed by atoms with van der Waals surface area (Å²) >= 11 is 3.40. The van der Waals surface area contributed by atoms with Crippen LogP contribution in [0.5, 0.6) is 0 Å². The van der Waals surface area contributed by atoms with Crippen molar-refractivity contribution in [3.63, 3.8) is 0 Å². The number of rotatable bonds is 1. The van der Waals surface area contributed by atoms with Gasteiger partial charge < -0.3 is 4.98 Å². The Kier molecular flexibility index (Phi) is 2.61. The zero-order valence-corrected chi connectivity index (χ0v) is 10.1. The van der Waals surface area contributed by atoms with E-state index in [0.717, 1.165) is 15.8 Å². The molecule has 0 spiro atoms. The average Bonchev–Trinajstić information content (AvgIpc) is 2.19. The standard InChI is InChI=1S/C11H11BrN2O/c1-6(2)10-13-9-7(11(15)14-10)4-3-5-8(9)12/h3-6H,1-2H3,(H,13,14,15). The Labute approximate surface area is 95.7 Å². The van der Waals surface area contributed by atoms with Crippen LogP contribution in [-0.4, -0.2) is 9.97 Å². The number of H-pyrrole nitrogens is 1. The van der Waals surface area contributed by atoms with Gasteiger partial charge in [-0.15, -0.1) is 0 Å². The highest BCUT2D eigenvalue weighted by atomic mass is 79.9. The van der Waals surface area contributed by atoms with Gasteiger partial charge in [0.05, 0.1) is 10.9 Å². The van der Waals surface area contributed by atoms with Crippen LogP contribution >= 0.6 is 15.9 Å². The zero-order valence-electron chi connectivity index (χ0n) is 8.54.